The summed E-state index contributed by atoms with van der Waals surface area (Å²) in [5.41, 5.74) is 0.230. The lowest BCUT2D eigenvalue weighted by atomic mass is 10.1. The SMILES string of the molecule is Cc1[nH]nc(C(=O)c2ccccc2)c1[N+](=O)[O-]. The second-order valence-electron chi connectivity index (χ2n) is 3.50. The number of ketones is 1. The zero-order valence-electron chi connectivity index (χ0n) is 9.01. The maximum atomic E-state index is 12.0. The van der Waals surface area contributed by atoms with Gasteiger partial charge in [-0.25, -0.2) is 0 Å². The predicted molar refractivity (Wildman–Crippen MR) is 59.9 cm³/mol. The largest absolute Gasteiger partial charge is 0.321 e. The number of benzene rings is 1. The highest BCUT2D eigenvalue weighted by atomic mass is 16.6. The van der Waals surface area contributed by atoms with E-state index in [1.165, 1.54) is 6.92 Å². The van der Waals surface area contributed by atoms with Gasteiger partial charge >= 0.3 is 5.69 Å². The van der Waals surface area contributed by atoms with Crippen LogP contribution in [-0.2, 0) is 0 Å². The molecule has 0 radical (unpaired) electrons. The molecule has 2 rings (SSSR count). The molecule has 0 unspecified atom stereocenters. The number of aromatic nitrogens is 2. The third-order valence-electron chi connectivity index (χ3n) is 2.35. The van der Waals surface area contributed by atoms with E-state index in [1.807, 2.05) is 0 Å². The average molecular weight is 231 g/mol. The number of rotatable bonds is 3. The molecule has 0 aliphatic carbocycles. The number of carbonyl (C=O) groups excluding carboxylic acids is 1. The lowest BCUT2D eigenvalue weighted by Gasteiger charge is -1.96. The first-order valence-corrected chi connectivity index (χ1v) is 4.90. The number of hydrogen-bond donors (Lipinski definition) is 1. The lowest BCUT2D eigenvalue weighted by Crippen LogP contribution is -2.05. The number of H-pyrrole nitrogens is 1. The molecule has 0 saturated carbocycles. The highest BCUT2D eigenvalue weighted by Crippen LogP contribution is 2.22. The Labute approximate surface area is 96.4 Å². The molecule has 0 saturated heterocycles. The van der Waals surface area contributed by atoms with Crippen LogP contribution in [0, 0.1) is 17.0 Å². The van der Waals surface area contributed by atoms with Crippen LogP contribution in [0.15, 0.2) is 30.3 Å². The normalized spacial score (nSPS) is 10.2. The smallest absolute Gasteiger partial charge is 0.286 e. The van der Waals surface area contributed by atoms with Gasteiger partial charge in [0.05, 0.1) is 4.92 Å². The Morgan fingerprint density at radius 3 is 2.59 bits per heavy atom. The van der Waals surface area contributed by atoms with E-state index in [-0.39, 0.29) is 17.1 Å². The zero-order valence-corrected chi connectivity index (χ0v) is 9.01. The highest BCUT2D eigenvalue weighted by Gasteiger charge is 2.27. The zero-order chi connectivity index (χ0) is 12.4. The van der Waals surface area contributed by atoms with Gasteiger partial charge in [0, 0.05) is 5.56 Å². The van der Waals surface area contributed by atoms with Gasteiger partial charge in [0.15, 0.2) is 0 Å². The maximum absolute atomic E-state index is 12.0. The quantitative estimate of drug-likeness (QED) is 0.496. The van der Waals surface area contributed by atoms with Gasteiger partial charge in [-0.2, -0.15) is 5.10 Å². The summed E-state index contributed by atoms with van der Waals surface area (Å²) in [6, 6.07) is 8.34. The summed E-state index contributed by atoms with van der Waals surface area (Å²) in [6.07, 6.45) is 0. The number of aryl methyl sites for hydroxylation is 1. The molecule has 0 aliphatic heterocycles. The van der Waals surface area contributed by atoms with Gasteiger partial charge in [-0.05, 0) is 6.92 Å². The molecule has 2 aromatic rings. The van der Waals surface area contributed by atoms with Crippen LogP contribution < -0.4 is 0 Å². The molecule has 1 N–H and O–H groups in total. The molecule has 0 aliphatic rings. The van der Waals surface area contributed by atoms with Crippen LogP contribution in [0.25, 0.3) is 0 Å². The molecule has 0 bridgehead atoms. The summed E-state index contributed by atoms with van der Waals surface area (Å²) in [6.45, 7) is 1.51. The van der Waals surface area contributed by atoms with Crippen LogP contribution in [0.2, 0.25) is 0 Å². The van der Waals surface area contributed by atoms with Crippen LogP contribution in [0.4, 0.5) is 5.69 Å². The first-order chi connectivity index (χ1) is 8.11. The fourth-order valence-electron chi connectivity index (χ4n) is 1.53. The first-order valence-electron chi connectivity index (χ1n) is 4.90. The van der Waals surface area contributed by atoms with Gasteiger partial charge in [0.25, 0.3) is 0 Å². The Kier molecular flexibility index (Phi) is 2.70. The van der Waals surface area contributed by atoms with Crippen LogP contribution in [0.5, 0.6) is 0 Å². The maximum Gasteiger partial charge on any atom is 0.321 e. The first kappa shape index (κ1) is 11.0. The van der Waals surface area contributed by atoms with Gasteiger partial charge < -0.3 is 0 Å². The van der Waals surface area contributed by atoms with E-state index >= 15 is 0 Å². The van der Waals surface area contributed by atoms with E-state index in [0.29, 0.717) is 5.56 Å². The molecule has 17 heavy (non-hydrogen) atoms. The van der Waals surface area contributed by atoms with Crippen LogP contribution in [0.1, 0.15) is 21.7 Å². The standard InChI is InChI=1S/C11H9N3O3/c1-7-10(14(16)17)9(13-12-7)11(15)8-5-3-2-4-6-8/h2-6H,1H3,(H,12,13). The van der Waals surface area contributed by atoms with Crippen LogP contribution >= 0.6 is 0 Å². The Bertz CT molecular complexity index is 575. The van der Waals surface area contributed by atoms with Crippen molar-refractivity contribution >= 4 is 11.5 Å². The minimum Gasteiger partial charge on any atom is -0.286 e. The molecular formula is C11H9N3O3. The molecule has 0 spiro atoms. The summed E-state index contributed by atoms with van der Waals surface area (Å²) >= 11 is 0. The fraction of sp³-hybridized carbons (Fsp3) is 0.0909. The van der Waals surface area contributed by atoms with Crippen molar-refractivity contribution in [3.63, 3.8) is 0 Å². The predicted octanol–water partition coefficient (Wildman–Crippen LogP) is 1.86. The summed E-state index contributed by atoms with van der Waals surface area (Å²) in [5, 5.41) is 17.0. The van der Waals surface area contributed by atoms with Crippen molar-refractivity contribution < 1.29 is 9.72 Å². The molecule has 6 heteroatoms. The Balaban J connectivity index is 2.49. The lowest BCUT2D eigenvalue weighted by molar-refractivity contribution is -0.385. The Morgan fingerprint density at radius 1 is 1.35 bits per heavy atom. The van der Waals surface area contributed by atoms with E-state index in [4.69, 9.17) is 0 Å². The summed E-state index contributed by atoms with van der Waals surface area (Å²) in [5.74, 6) is -0.457. The molecule has 0 atom stereocenters. The molecule has 0 fully saturated rings. The van der Waals surface area contributed by atoms with Crippen molar-refractivity contribution in [3.05, 3.63) is 57.4 Å². The van der Waals surface area contributed by atoms with Gasteiger partial charge in [0.2, 0.25) is 11.5 Å². The second-order valence-corrected chi connectivity index (χ2v) is 3.50. The van der Waals surface area contributed by atoms with E-state index < -0.39 is 10.7 Å². The van der Waals surface area contributed by atoms with Crippen molar-refractivity contribution in [2.24, 2.45) is 0 Å². The molecule has 6 nitrogen and oxygen atoms in total. The minimum atomic E-state index is -0.602. The van der Waals surface area contributed by atoms with E-state index in [2.05, 4.69) is 10.2 Å². The van der Waals surface area contributed by atoms with Crippen molar-refractivity contribution in [2.45, 2.75) is 6.92 Å². The molecule has 1 aromatic carbocycles. The Hall–Kier alpha value is -2.50. The van der Waals surface area contributed by atoms with Gasteiger partial charge in [0.1, 0.15) is 5.69 Å². The van der Waals surface area contributed by atoms with E-state index in [1.54, 1.807) is 30.3 Å². The molecule has 0 amide bonds. The number of hydrogen-bond acceptors (Lipinski definition) is 4. The molecular weight excluding hydrogens is 222 g/mol. The topological polar surface area (TPSA) is 88.9 Å². The highest BCUT2D eigenvalue weighted by molar-refractivity contribution is 6.10. The number of nitrogens with one attached hydrogen (secondary N) is 1. The fourth-order valence-corrected chi connectivity index (χ4v) is 1.53. The third kappa shape index (κ3) is 1.92. The van der Waals surface area contributed by atoms with E-state index in [9.17, 15) is 14.9 Å². The van der Waals surface area contributed by atoms with Crippen molar-refractivity contribution in [1.29, 1.82) is 0 Å². The number of carbonyl (C=O) groups is 1. The minimum absolute atomic E-state index is 0.154. The van der Waals surface area contributed by atoms with Gasteiger partial charge in [-0.1, -0.05) is 30.3 Å². The van der Waals surface area contributed by atoms with E-state index in [0.717, 1.165) is 0 Å². The van der Waals surface area contributed by atoms with Crippen LogP contribution in [0.3, 0.4) is 0 Å². The van der Waals surface area contributed by atoms with Gasteiger partial charge in [-0.3, -0.25) is 20.0 Å². The Morgan fingerprint density at radius 2 is 2.00 bits per heavy atom. The van der Waals surface area contributed by atoms with Crippen molar-refractivity contribution in [3.8, 4) is 0 Å². The summed E-state index contributed by atoms with van der Waals surface area (Å²) < 4.78 is 0. The van der Waals surface area contributed by atoms with Gasteiger partial charge in [-0.15, -0.1) is 0 Å². The van der Waals surface area contributed by atoms with Crippen LogP contribution in [-0.4, -0.2) is 20.9 Å². The average Bonchev–Trinajstić information content (AvgIpc) is 2.71. The van der Waals surface area contributed by atoms with Crippen molar-refractivity contribution in [2.75, 3.05) is 0 Å². The molecule has 1 aromatic heterocycles. The third-order valence-corrected chi connectivity index (χ3v) is 2.35. The number of nitrogens with zero attached hydrogens (tertiary/aromatic N) is 2. The number of nitro groups is 1. The molecule has 86 valence electrons. The summed E-state index contributed by atoms with van der Waals surface area (Å²) in [7, 11) is 0. The molecule has 1 heterocycles. The summed E-state index contributed by atoms with van der Waals surface area (Å²) in [4.78, 5) is 22.2. The monoisotopic (exact) mass is 231 g/mol. The second kappa shape index (κ2) is 4.17. The number of aromatic amines is 1. The van der Waals surface area contributed by atoms with Crippen molar-refractivity contribution in [1.82, 2.24) is 10.2 Å².